The summed E-state index contributed by atoms with van der Waals surface area (Å²) in [7, 11) is 0. The zero-order chi connectivity index (χ0) is 17.5. The summed E-state index contributed by atoms with van der Waals surface area (Å²) in [6, 6.07) is 10.3. The Morgan fingerprint density at radius 1 is 1.04 bits per heavy atom. The summed E-state index contributed by atoms with van der Waals surface area (Å²) in [6.45, 7) is 6.48. The second-order valence-corrected chi connectivity index (χ2v) is 8.27. The molecule has 0 saturated carbocycles. The Morgan fingerprint density at radius 2 is 1.85 bits per heavy atom. The highest BCUT2D eigenvalue weighted by molar-refractivity contribution is 5.33. The number of benzene rings is 1. The number of hydrogen-bond donors (Lipinski definition) is 0. The van der Waals surface area contributed by atoms with Gasteiger partial charge in [0.05, 0.1) is 6.54 Å². The number of aromatic nitrogens is 2. The highest BCUT2D eigenvalue weighted by atomic mass is 16.5. The number of rotatable bonds is 4. The molecule has 4 heterocycles. The Hall–Kier alpha value is -1.72. The van der Waals surface area contributed by atoms with Crippen LogP contribution in [-0.4, -0.2) is 51.7 Å². The largest absolute Gasteiger partial charge is 0.338 e. The van der Waals surface area contributed by atoms with Crippen LogP contribution >= 0.6 is 0 Å². The van der Waals surface area contributed by atoms with Crippen LogP contribution < -0.4 is 0 Å². The fourth-order valence-electron chi connectivity index (χ4n) is 5.17. The second kappa shape index (κ2) is 6.78. The fourth-order valence-corrected chi connectivity index (χ4v) is 5.17. The van der Waals surface area contributed by atoms with Gasteiger partial charge in [0.1, 0.15) is 0 Å². The minimum atomic E-state index is 0.620. The molecule has 4 aliphatic rings. The fraction of sp³-hybridized carbons (Fsp3) is 0.619. The van der Waals surface area contributed by atoms with Crippen molar-refractivity contribution in [2.75, 3.05) is 19.6 Å². The van der Waals surface area contributed by atoms with E-state index in [0.717, 1.165) is 30.6 Å². The van der Waals surface area contributed by atoms with Crippen molar-refractivity contribution in [3.8, 4) is 0 Å². The number of fused-ring (bicyclic) bond motifs is 5. The van der Waals surface area contributed by atoms with Crippen molar-refractivity contribution in [2.45, 2.75) is 57.7 Å². The van der Waals surface area contributed by atoms with Gasteiger partial charge in [0, 0.05) is 38.1 Å². The molecule has 1 aliphatic carbocycles. The third-order valence-electron chi connectivity index (χ3n) is 6.57. The number of nitrogens with zero attached hydrogens (tertiary/aromatic N) is 4. The molecule has 0 amide bonds. The first-order valence-corrected chi connectivity index (χ1v) is 10.1. The molecule has 5 heteroatoms. The molecule has 138 valence electrons. The lowest BCUT2D eigenvalue weighted by Crippen LogP contribution is -2.44. The summed E-state index contributed by atoms with van der Waals surface area (Å²) in [5.41, 5.74) is 3.12. The van der Waals surface area contributed by atoms with E-state index in [9.17, 15) is 0 Å². The molecule has 2 bridgehead atoms. The predicted molar refractivity (Wildman–Crippen MR) is 99.8 cm³/mol. The molecule has 3 fully saturated rings. The van der Waals surface area contributed by atoms with Gasteiger partial charge in [0.25, 0.3) is 0 Å². The van der Waals surface area contributed by atoms with Gasteiger partial charge < -0.3 is 4.52 Å². The quantitative estimate of drug-likeness (QED) is 0.847. The molecule has 2 aromatic rings. The molecule has 0 spiro atoms. The SMILES string of the molecule is CCc1noc(CN2C[C@H]3CC[C@@H]2CN(C2Cc4ccccc4C2)C3)n1. The summed E-state index contributed by atoms with van der Waals surface area (Å²) in [4.78, 5) is 9.91. The topological polar surface area (TPSA) is 45.4 Å². The van der Waals surface area contributed by atoms with E-state index in [2.05, 4.69) is 51.1 Å². The van der Waals surface area contributed by atoms with E-state index in [1.165, 1.54) is 45.3 Å². The highest BCUT2D eigenvalue weighted by Gasteiger charge is 2.38. The van der Waals surface area contributed by atoms with Crippen LogP contribution in [0.3, 0.4) is 0 Å². The molecule has 2 atom stereocenters. The van der Waals surface area contributed by atoms with Crippen molar-refractivity contribution in [2.24, 2.45) is 5.92 Å². The van der Waals surface area contributed by atoms with Crippen LogP contribution in [0.5, 0.6) is 0 Å². The van der Waals surface area contributed by atoms with E-state index in [-0.39, 0.29) is 0 Å². The van der Waals surface area contributed by atoms with E-state index in [0.29, 0.717) is 12.1 Å². The normalized spacial score (nSPS) is 27.0. The molecule has 0 radical (unpaired) electrons. The maximum Gasteiger partial charge on any atom is 0.240 e. The standard InChI is InChI=1S/C21H28N4O/c1-2-20-22-21(26-23-20)14-25-12-15-7-8-18(25)13-24(11-15)19-9-16-5-3-4-6-17(16)10-19/h3-6,15,18-19H,2,7-14H2,1H3/t15-,18+/m0/s1. The van der Waals surface area contributed by atoms with Gasteiger partial charge in [-0.05, 0) is 42.7 Å². The molecular formula is C21H28N4O. The lowest BCUT2D eigenvalue weighted by Gasteiger charge is -2.35. The van der Waals surface area contributed by atoms with Crippen LogP contribution in [0.2, 0.25) is 0 Å². The molecule has 0 unspecified atom stereocenters. The average Bonchev–Trinajstić information content (AvgIpc) is 3.20. The van der Waals surface area contributed by atoms with E-state index < -0.39 is 0 Å². The number of hydrogen-bond acceptors (Lipinski definition) is 5. The lowest BCUT2D eigenvalue weighted by molar-refractivity contribution is 0.107. The zero-order valence-electron chi connectivity index (χ0n) is 15.6. The van der Waals surface area contributed by atoms with Crippen LogP contribution in [0.4, 0.5) is 0 Å². The Morgan fingerprint density at radius 3 is 2.58 bits per heavy atom. The first-order valence-electron chi connectivity index (χ1n) is 10.1. The van der Waals surface area contributed by atoms with Crippen LogP contribution in [-0.2, 0) is 25.8 Å². The van der Waals surface area contributed by atoms with Crippen molar-refractivity contribution < 1.29 is 4.52 Å². The molecule has 3 aliphatic heterocycles. The smallest absolute Gasteiger partial charge is 0.240 e. The minimum absolute atomic E-state index is 0.620. The van der Waals surface area contributed by atoms with Crippen LogP contribution in [0.1, 0.15) is 42.6 Å². The Balaban J connectivity index is 1.28. The maximum atomic E-state index is 5.46. The van der Waals surface area contributed by atoms with Gasteiger partial charge in [-0.25, -0.2) is 0 Å². The molecule has 1 aromatic carbocycles. The summed E-state index contributed by atoms with van der Waals surface area (Å²) < 4.78 is 5.46. The molecule has 1 aromatic heterocycles. The van der Waals surface area contributed by atoms with Crippen molar-refractivity contribution in [3.05, 3.63) is 47.1 Å². The maximum absolute atomic E-state index is 5.46. The molecular weight excluding hydrogens is 324 g/mol. The Bertz CT molecular complexity index is 748. The minimum Gasteiger partial charge on any atom is -0.338 e. The first kappa shape index (κ1) is 16.5. The Kier molecular flexibility index (Phi) is 4.29. The van der Waals surface area contributed by atoms with Gasteiger partial charge in [0.2, 0.25) is 5.89 Å². The van der Waals surface area contributed by atoms with Crippen molar-refractivity contribution in [3.63, 3.8) is 0 Å². The summed E-state index contributed by atoms with van der Waals surface area (Å²) in [5.74, 6) is 2.38. The van der Waals surface area contributed by atoms with Gasteiger partial charge >= 0.3 is 0 Å². The third kappa shape index (κ3) is 3.08. The van der Waals surface area contributed by atoms with Gasteiger partial charge in [-0.2, -0.15) is 4.98 Å². The summed E-state index contributed by atoms with van der Waals surface area (Å²) >= 11 is 0. The van der Waals surface area contributed by atoms with E-state index in [1.54, 1.807) is 11.1 Å². The number of aryl methyl sites for hydroxylation is 1. The number of piperidine rings is 1. The monoisotopic (exact) mass is 352 g/mol. The predicted octanol–water partition coefficient (Wildman–Crippen LogP) is 2.70. The van der Waals surface area contributed by atoms with Gasteiger partial charge in [-0.15, -0.1) is 0 Å². The zero-order valence-corrected chi connectivity index (χ0v) is 15.6. The van der Waals surface area contributed by atoms with Crippen molar-refractivity contribution in [1.82, 2.24) is 19.9 Å². The van der Waals surface area contributed by atoms with E-state index in [4.69, 9.17) is 4.52 Å². The van der Waals surface area contributed by atoms with Gasteiger partial charge in [0.15, 0.2) is 5.82 Å². The third-order valence-corrected chi connectivity index (χ3v) is 6.57. The van der Waals surface area contributed by atoms with Crippen LogP contribution in [0.15, 0.2) is 28.8 Å². The van der Waals surface area contributed by atoms with Gasteiger partial charge in [-0.3, -0.25) is 9.80 Å². The van der Waals surface area contributed by atoms with E-state index >= 15 is 0 Å². The lowest BCUT2D eigenvalue weighted by atomic mass is 9.95. The molecule has 26 heavy (non-hydrogen) atoms. The molecule has 5 nitrogen and oxygen atoms in total. The second-order valence-electron chi connectivity index (χ2n) is 8.27. The first-order chi connectivity index (χ1) is 12.8. The molecule has 6 rings (SSSR count). The van der Waals surface area contributed by atoms with Crippen molar-refractivity contribution >= 4 is 0 Å². The Labute approximate surface area is 155 Å². The molecule has 3 saturated heterocycles. The van der Waals surface area contributed by atoms with Crippen LogP contribution in [0, 0.1) is 5.92 Å². The van der Waals surface area contributed by atoms with Crippen molar-refractivity contribution in [1.29, 1.82) is 0 Å². The van der Waals surface area contributed by atoms with Crippen LogP contribution in [0.25, 0.3) is 0 Å². The average molecular weight is 352 g/mol. The summed E-state index contributed by atoms with van der Waals surface area (Å²) in [6.07, 6.45) is 5.95. The summed E-state index contributed by atoms with van der Waals surface area (Å²) in [5, 5.41) is 4.06. The highest BCUT2D eigenvalue weighted by Crippen LogP contribution is 2.33. The van der Waals surface area contributed by atoms with E-state index in [1.807, 2.05) is 0 Å². The molecule has 0 N–H and O–H groups in total. The van der Waals surface area contributed by atoms with Gasteiger partial charge in [-0.1, -0.05) is 36.3 Å².